The van der Waals surface area contributed by atoms with Crippen LogP contribution in [0.25, 0.3) is 0 Å². The molecule has 1 N–H and O–H groups in total. The van der Waals surface area contributed by atoms with Crippen LogP contribution in [0.4, 0.5) is 10.1 Å². The van der Waals surface area contributed by atoms with Gasteiger partial charge in [-0.1, -0.05) is 48.5 Å². The standard InChI is InChI=1S/C20H22FN3O/c1-15-8-7-9-16(2)19(15)23-14-24(13-18(21)20(25)22-3)12-17-10-5-4-6-11-17/h4-11,13,23H,3,12,14H2,1-2H3/b18-13+. The molecule has 0 heterocycles. The van der Waals surface area contributed by atoms with Crippen molar-refractivity contribution in [3.8, 4) is 0 Å². The molecule has 25 heavy (non-hydrogen) atoms. The third-order valence-corrected chi connectivity index (χ3v) is 3.81. The first-order valence-corrected chi connectivity index (χ1v) is 7.97. The van der Waals surface area contributed by atoms with Crippen LogP contribution in [-0.4, -0.2) is 24.2 Å². The molecule has 4 nitrogen and oxygen atoms in total. The van der Waals surface area contributed by atoms with E-state index in [-0.39, 0.29) is 0 Å². The van der Waals surface area contributed by atoms with Crippen molar-refractivity contribution < 1.29 is 9.18 Å². The average Bonchev–Trinajstić information content (AvgIpc) is 2.61. The Kier molecular flexibility index (Phi) is 6.46. The number of rotatable bonds is 7. The highest BCUT2D eigenvalue weighted by molar-refractivity contribution is 5.94. The minimum absolute atomic E-state index is 0.346. The quantitative estimate of drug-likeness (QED) is 0.467. The maximum Gasteiger partial charge on any atom is 0.306 e. The smallest absolute Gasteiger partial charge is 0.306 e. The average molecular weight is 339 g/mol. The Hall–Kier alpha value is -2.95. The molecule has 0 atom stereocenters. The molecule has 0 saturated carbocycles. The summed E-state index contributed by atoms with van der Waals surface area (Å²) >= 11 is 0. The molecule has 0 saturated heterocycles. The summed E-state index contributed by atoms with van der Waals surface area (Å²) in [7, 11) is 0. The SMILES string of the molecule is C=NC(=O)/C(F)=C\N(CNc1c(C)cccc1C)Cc1ccccc1. The number of amides is 1. The minimum Gasteiger partial charge on any atom is -0.367 e. The molecule has 0 aliphatic carbocycles. The van der Waals surface area contributed by atoms with E-state index in [0.29, 0.717) is 13.2 Å². The van der Waals surface area contributed by atoms with Crippen LogP contribution in [0.15, 0.2) is 65.6 Å². The van der Waals surface area contributed by atoms with Crippen LogP contribution >= 0.6 is 0 Å². The maximum atomic E-state index is 13.9. The van der Waals surface area contributed by atoms with Crippen molar-refractivity contribution in [1.29, 1.82) is 0 Å². The summed E-state index contributed by atoms with van der Waals surface area (Å²) in [6, 6.07) is 15.7. The molecule has 0 bridgehead atoms. The molecule has 1 amide bonds. The fourth-order valence-corrected chi connectivity index (χ4v) is 2.53. The van der Waals surface area contributed by atoms with Crippen LogP contribution in [0.3, 0.4) is 0 Å². The summed E-state index contributed by atoms with van der Waals surface area (Å²) in [4.78, 5) is 16.2. The van der Waals surface area contributed by atoms with Crippen molar-refractivity contribution >= 4 is 18.3 Å². The molecule has 2 aromatic rings. The van der Waals surface area contributed by atoms with Crippen molar-refractivity contribution in [2.45, 2.75) is 20.4 Å². The fraction of sp³-hybridized carbons (Fsp3) is 0.200. The maximum absolute atomic E-state index is 13.9. The van der Waals surface area contributed by atoms with E-state index in [9.17, 15) is 9.18 Å². The highest BCUT2D eigenvalue weighted by Crippen LogP contribution is 2.20. The number of benzene rings is 2. The lowest BCUT2D eigenvalue weighted by Crippen LogP contribution is -2.25. The number of hydrogen-bond donors (Lipinski definition) is 1. The van der Waals surface area contributed by atoms with Gasteiger partial charge in [0.2, 0.25) is 5.83 Å². The molecule has 5 heteroatoms. The van der Waals surface area contributed by atoms with Crippen LogP contribution in [-0.2, 0) is 11.3 Å². The van der Waals surface area contributed by atoms with Crippen LogP contribution in [0, 0.1) is 13.8 Å². The van der Waals surface area contributed by atoms with Crippen molar-refractivity contribution in [2.24, 2.45) is 4.99 Å². The molecule has 0 radical (unpaired) electrons. The van der Waals surface area contributed by atoms with Gasteiger partial charge in [-0.3, -0.25) is 4.79 Å². The van der Waals surface area contributed by atoms with E-state index in [0.717, 1.165) is 22.4 Å². The Morgan fingerprint density at radius 3 is 2.40 bits per heavy atom. The zero-order valence-corrected chi connectivity index (χ0v) is 14.5. The second-order valence-corrected chi connectivity index (χ2v) is 5.77. The van der Waals surface area contributed by atoms with E-state index in [1.54, 1.807) is 4.90 Å². The van der Waals surface area contributed by atoms with Crippen molar-refractivity contribution in [1.82, 2.24) is 4.90 Å². The summed E-state index contributed by atoms with van der Waals surface area (Å²) in [6.07, 6.45) is 1.17. The first-order valence-electron chi connectivity index (χ1n) is 7.97. The van der Waals surface area contributed by atoms with Gasteiger partial charge in [0, 0.05) is 18.4 Å². The Bertz CT molecular complexity index is 752. The highest BCUT2D eigenvalue weighted by Gasteiger charge is 2.11. The van der Waals surface area contributed by atoms with E-state index < -0.39 is 11.7 Å². The van der Waals surface area contributed by atoms with Gasteiger partial charge in [-0.25, -0.2) is 4.99 Å². The van der Waals surface area contributed by atoms with Crippen LogP contribution < -0.4 is 5.32 Å². The molecule has 0 aliphatic rings. The summed E-state index contributed by atoms with van der Waals surface area (Å²) in [5, 5.41) is 3.32. The van der Waals surface area contributed by atoms with Gasteiger partial charge >= 0.3 is 5.91 Å². The van der Waals surface area contributed by atoms with E-state index in [4.69, 9.17) is 0 Å². The third kappa shape index (κ3) is 5.28. The van der Waals surface area contributed by atoms with Gasteiger partial charge < -0.3 is 10.2 Å². The van der Waals surface area contributed by atoms with Gasteiger partial charge in [-0.15, -0.1) is 0 Å². The lowest BCUT2D eigenvalue weighted by Gasteiger charge is -2.23. The number of halogens is 1. The predicted molar refractivity (Wildman–Crippen MR) is 100 cm³/mol. The highest BCUT2D eigenvalue weighted by atomic mass is 19.1. The van der Waals surface area contributed by atoms with Gasteiger partial charge in [-0.05, 0) is 37.3 Å². The lowest BCUT2D eigenvalue weighted by atomic mass is 10.1. The number of carbonyl (C=O) groups excluding carboxylic acids is 1. The number of carbonyl (C=O) groups is 1. The number of aryl methyl sites for hydroxylation is 2. The summed E-state index contributed by atoms with van der Waals surface area (Å²) < 4.78 is 13.9. The lowest BCUT2D eigenvalue weighted by molar-refractivity contribution is -0.115. The van der Waals surface area contributed by atoms with E-state index in [2.05, 4.69) is 17.0 Å². The Balaban J connectivity index is 2.19. The third-order valence-electron chi connectivity index (χ3n) is 3.81. The Morgan fingerprint density at radius 1 is 1.16 bits per heavy atom. The minimum atomic E-state index is -0.967. The summed E-state index contributed by atoms with van der Waals surface area (Å²) in [5.74, 6) is -1.90. The van der Waals surface area contributed by atoms with E-state index >= 15 is 0 Å². The van der Waals surface area contributed by atoms with Crippen molar-refractivity contribution in [3.05, 3.63) is 77.2 Å². The number of anilines is 1. The molecule has 0 aliphatic heterocycles. The summed E-state index contributed by atoms with van der Waals surface area (Å²) in [5.41, 5.74) is 4.22. The Morgan fingerprint density at radius 2 is 1.80 bits per heavy atom. The van der Waals surface area contributed by atoms with Crippen molar-refractivity contribution in [3.63, 3.8) is 0 Å². The zero-order valence-electron chi connectivity index (χ0n) is 14.5. The van der Waals surface area contributed by atoms with Crippen LogP contribution in [0.5, 0.6) is 0 Å². The summed E-state index contributed by atoms with van der Waals surface area (Å²) in [6.45, 7) is 7.90. The molecular formula is C20H22FN3O. The van der Waals surface area contributed by atoms with Gasteiger partial charge in [-0.2, -0.15) is 4.39 Å². The largest absolute Gasteiger partial charge is 0.367 e. The van der Waals surface area contributed by atoms with Gasteiger partial charge in [0.05, 0.1) is 6.67 Å². The number of para-hydroxylation sites is 1. The van der Waals surface area contributed by atoms with Gasteiger partial charge in [0.1, 0.15) is 0 Å². The van der Waals surface area contributed by atoms with Gasteiger partial charge in [0.25, 0.3) is 0 Å². The van der Waals surface area contributed by atoms with Crippen LogP contribution in [0.2, 0.25) is 0 Å². The second-order valence-electron chi connectivity index (χ2n) is 5.77. The monoisotopic (exact) mass is 339 g/mol. The normalized spacial score (nSPS) is 11.1. The number of nitrogens with one attached hydrogen (secondary N) is 1. The fourth-order valence-electron chi connectivity index (χ4n) is 2.53. The predicted octanol–water partition coefficient (Wildman–Crippen LogP) is 4.21. The van der Waals surface area contributed by atoms with Crippen molar-refractivity contribution in [2.75, 3.05) is 12.0 Å². The van der Waals surface area contributed by atoms with Gasteiger partial charge in [0.15, 0.2) is 0 Å². The van der Waals surface area contributed by atoms with E-state index in [1.807, 2.05) is 62.4 Å². The Labute approximate surface area is 147 Å². The molecule has 0 spiro atoms. The second kappa shape index (κ2) is 8.78. The molecule has 0 fully saturated rings. The number of nitrogens with zero attached hydrogens (tertiary/aromatic N) is 2. The topological polar surface area (TPSA) is 44.7 Å². The first kappa shape index (κ1) is 18.4. The molecule has 130 valence electrons. The molecule has 2 rings (SSSR count). The van der Waals surface area contributed by atoms with E-state index in [1.165, 1.54) is 6.20 Å². The zero-order chi connectivity index (χ0) is 18.2. The molecule has 2 aromatic carbocycles. The number of aliphatic imine (C=N–C) groups is 1. The molecule has 0 unspecified atom stereocenters. The molecular weight excluding hydrogens is 317 g/mol. The first-order chi connectivity index (χ1) is 12.0. The van der Waals surface area contributed by atoms with Crippen LogP contribution in [0.1, 0.15) is 16.7 Å². The molecule has 0 aromatic heterocycles. The number of hydrogen-bond acceptors (Lipinski definition) is 3.